The predicted molar refractivity (Wildman–Crippen MR) is 113 cm³/mol. The van der Waals surface area contributed by atoms with E-state index in [2.05, 4.69) is 23.2 Å². The van der Waals surface area contributed by atoms with Crippen LogP contribution in [-0.2, 0) is 19.4 Å². The molecule has 7 heteroatoms. The molecule has 3 heterocycles. The van der Waals surface area contributed by atoms with Gasteiger partial charge in [0.1, 0.15) is 18.2 Å². The molecule has 6 nitrogen and oxygen atoms in total. The van der Waals surface area contributed by atoms with Gasteiger partial charge < -0.3 is 14.8 Å². The van der Waals surface area contributed by atoms with Crippen LogP contribution in [0.15, 0.2) is 30.3 Å². The molecule has 2 N–H and O–H groups in total. The number of amides is 1. The molecule has 0 bridgehead atoms. The van der Waals surface area contributed by atoms with Crippen molar-refractivity contribution in [3.8, 4) is 28.1 Å². The fourth-order valence-corrected chi connectivity index (χ4v) is 5.21. The first-order valence-electron chi connectivity index (χ1n) is 10.3. The lowest BCUT2D eigenvalue weighted by Crippen LogP contribution is -2.29. The summed E-state index contributed by atoms with van der Waals surface area (Å²) in [5.41, 5.74) is 7.74. The number of aromatic nitrogens is 2. The molecule has 3 aromatic rings. The summed E-state index contributed by atoms with van der Waals surface area (Å²) in [5.74, 6) is 1.62. The van der Waals surface area contributed by atoms with Gasteiger partial charge in [-0.3, -0.25) is 4.90 Å². The van der Waals surface area contributed by atoms with E-state index in [1.165, 1.54) is 16.0 Å². The number of imidazole rings is 1. The average Bonchev–Trinajstić information content (AvgIpc) is 3.39. The fraction of sp³-hybridized carbons (Fsp3) is 0.304. The van der Waals surface area contributed by atoms with Crippen LogP contribution in [0.5, 0.6) is 5.75 Å². The van der Waals surface area contributed by atoms with Gasteiger partial charge in [-0.15, -0.1) is 0 Å². The second-order valence-electron chi connectivity index (χ2n) is 8.17. The molecule has 1 fully saturated rings. The minimum absolute atomic E-state index is 0.193. The summed E-state index contributed by atoms with van der Waals surface area (Å²) < 4.78 is 6.06. The molecule has 2 aliphatic heterocycles. The summed E-state index contributed by atoms with van der Waals surface area (Å²) in [6.45, 7) is 1.06. The van der Waals surface area contributed by atoms with Crippen molar-refractivity contribution in [1.29, 1.82) is 0 Å². The van der Waals surface area contributed by atoms with E-state index in [1.54, 1.807) is 0 Å². The van der Waals surface area contributed by atoms with E-state index in [4.69, 9.17) is 21.3 Å². The molecule has 1 unspecified atom stereocenters. The Kier molecular flexibility index (Phi) is 3.87. The lowest BCUT2D eigenvalue weighted by molar-refractivity contribution is 0.139. The van der Waals surface area contributed by atoms with Crippen LogP contribution in [0.25, 0.3) is 22.4 Å². The van der Waals surface area contributed by atoms with E-state index >= 15 is 0 Å². The van der Waals surface area contributed by atoms with Crippen molar-refractivity contribution in [2.75, 3.05) is 6.54 Å². The molecule has 0 radical (unpaired) electrons. The lowest BCUT2D eigenvalue weighted by Gasteiger charge is -2.25. The summed E-state index contributed by atoms with van der Waals surface area (Å²) in [6.07, 6.45) is 2.53. The number of halogens is 1. The number of fused-ring (bicyclic) bond motifs is 6. The number of benzene rings is 2. The summed E-state index contributed by atoms with van der Waals surface area (Å²) in [7, 11) is 0. The van der Waals surface area contributed by atoms with E-state index < -0.39 is 6.09 Å². The van der Waals surface area contributed by atoms with Gasteiger partial charge in [0.15, 0.2) is 0 Å². The van der Waals surface area contributed by atoms with Crippen LogP contribution >= 0.6 is 11.6 Å². The smallest absolute Gasteiger partial charge is 0.407 e. The Morgan fingerprint density at radius 2 is 2.07 bits per heavy atom. The van der Waals surface area contributed by atoms with Gasteiger partial charge in [-0.2, -0.15) is 0 Å². The van der Waals surface area contributed by atoms with E-state index in [0.29, 0.717) is 13.2 Å². The van der Waals surface area contributed by atoms with Crippen LogP contribution in [0.3, 0.4) is 0 Å². The lowest BCUT2D eigenvalue weighted by atomic mass is 9.87. The molecule has 6 rings (SSSR count). The molecule has 152 valence electrons. The Labute approximate surface area is 178 Å². The third-order valence-electron chi connectivity index (χ3n) is 6.46. The maximum atomic E-state index is 11.6. The van der Waals surface area contributed by atoms with Crippen molar-refractivity contribution in [3.05, 3.63) is 58.0 Å². The van der Waals surface area contributed by atoms with Crippen LogP contribution < -0.4 is 4.74 Å². The number of carboxylic acid groups (broad SMARTS) is 1. The molecule has 30 heavy (non-hydrogen) atoms. The van der Waals surface area contributed by atoms with E-state index in [1.807, 2.05) is 12.1 Å². The number of carbonyl (C=O) groups is 1. The number of hydrogen-bond acceptors (Lipinski definition) is 3. The minimum atomic E-state index is -0.881. The van der Waals surface area contributed by atoms with Gasteiger partial charge in [0.05, 0.1) is 17.4 Å². The second-order valence-corrected chi connectivity index (χ2v) is 8.61. The van der Waals surface area contributed by atoms with Gasteiger partial charge in [0.25, 0.3) is 0 Å². The Morgan fingerprint density at radius 1 is 1.17 bits per heavy atom. The molecule has 3 aliphatic rings. The summed E-state index contributed by atoms with van der Waals surface area (Å²) >= 11 is 6.15. The molecule has 1 saturated heterocycles. The Balaban J connectivity index is 1.43. The number of aryl methyl sites for hydroxylation is 2. The van der Waals surface area contributed by atoms with Gasteiger partial charge in [0.2, 0.25) is 0 Å². The van der Waals surface area contributed by atoms with Crippen molar-refractivity contribution < 1.29 is 14.6 Å². The number of likely N-dealkylation sites (tertiary alicyclic amines) is 1. The monoisotopic (exact) mass is 421 g/mol. The zero-order valence-corrected chi connectivity index (χ0v) is 17.0. The van der Waals surface area contributed by atoms with Crippen LogP contribution in [0.1, 0.15) is 41.5 Å². The highest BCUT2D eigenvalue weighted by molar-refractivity contribution is 6.30. The molecule has 1 atom stereocenters. The number of aromatic amines is 1. The van der Waals surface area contributed by atoms with Crippen molar-refractivity contribution in [1.82, 2.24) is 14.9 Å². The van der Waals surface area contributed by atoms with E-state index in [9.17, 15) is 9.90 Å². The topological polar surface area (TPSA) is 78.5 Å². The normalized spacial score (nSPS) is 18.8. The van der Waals surface area contributed by atoms with Crippen molar-refractivity contribution >= 4 is 17.7 Å². The third-order valence-corrected chi connectivity index (χ3v) is 6.69. The van der Waals surface area contributed by atoms with Crippen LogP contribution in [-0.4, -0.2) is 32.6 Å². The molecule has 0 spiro atoms. The molecule has 1 amide bonds. The average molecular weight is 422 g/mol. The van der Waals surface area contributed by atoms with Gasteiger partial charge in [-0.25, -0.2) is 9.78 Å². The number of H-pyrrole nitrogens is 1. The van der Waals surface area contributed by atoms with Gasteiger partial charge in [-0.05, 0) is 66.6 Å². The molecule has 1 aromatic heterocycles. The molecular weight excluding hydrogens is 402 g/mol. The van der Waals surface area contributed by atoms with E-state index in [0.717, 1.165) is 70.4 Å². The standard InChI is InChI=1S/C23H20ClN3O3/c24-14-4-5-15-13(8-14)11-30-20-10-16-12(9-17(15)20)3-6-18-21(16)26-22(25-18)19-2-1-7-27(19)23(28)29/h4-5,8-10,19H,1-3,6-7,11H2,(H,25,26)(H,28,29). The Bertz CT molecular complexity index is 1200. The molecule has 0 saturated carbocycles. The minimum Gasteiger partial charge on any atom is -0.488 e. The number of nitrogens with zero attached hydrogens (tertiary/aromatic N) is 2. The molecule has 2 aromatic carbocycles. The number of rotatable bonds is 1. The number of hydrogen-bond donors (Lipinski definition) is 2. The summed E-state index contributed by atoms with van der Waals surface area (Å²) in [4.78, 5) is 21.3. The fourth-order valence-electron chi connectivity index (χ4n) is 5.02. The van der Waals surface area contributed by atoms with Crippen LogP contribution in [0.4, 0.5) is 4.79 Å². The first-order valence-corrected chi connectivity index (χ1v) is 10.6. The zero-order valence-electron chi connectivity index (χ0n) is 16.2. The first kappa shape index (κ1) is 17.8. The Hall–Kier alpha value is -2.99. The maximum Gasteiger partial charge on any atom is 0.407 e. The zero-order chi connectivity index (χ0) is 20.4. The van der Waals surface area contributed by atoms with Crippen LogP contribution in [0.2, 0.25) is 5.02 Å². The molecular formula is C23H20ClN3O3. The summed E-state index contributed by atoms with van der Waals surface area (Å²) in [5, 5.41) is 10.2. The van der Waals surface area contributed by atoms with Crippen molar-refractivity contribution in [2.24, 2.45) is 0 Å². The SMILES string of the molecule is O=C(O)N1CCCC1c1nc2c([nH]1)-c1cc3c(cc1CC2)-c1ccc(Cl)cc1CO3. The summed E-state index contributed by atoms with van der Waals surface area (Å²) in [6, 6.07) is 10.1. The highest BCUT2D eigenvalue weighted by atomic mass is 35.5. The highest BCUT2D eigenvalue weighted by Gasteiger charge is 2.34. The van der Waals surface area contributed by atoms with Gasteiger partial charge in [0, 0.05) is 22.7 Å². The van der Waals surface area contributed by atoms with Crippen LogP contribution in [0, 0.1) is 0 Å². The number of nitrogens with one attached hydrogen (secondary N) is 1. The second kappa shape index (κ2) is 6.51. The van der Waals surface area contributed by atoms with Crippen molar-refractivity contribution in [2.45, 2.75) is 38.3 Å². The quantitative estimate of drug-likeness (QED) is 0.565. The maximum absolute atomic E-state index is 11.6. The predicted octanol–water partition coefficient (Wildman–Crippen LogP) is 5.20. The number of ether oxygens (including phenoxy) is 1. The first-order chi connectivity index (χ1) is 14.6. The van der Waals surface area contributed by atoms with E-state index in [-0.39, 0.29) is 6.04 Å². The highest BCUT2D eigenvalue weighted by Crippen LogP contribution is 2.45. The van der Waals surface area contributed by atoms with Gasteiger partial charge in [-0.1, -0.05) is 17.7 Å². The Morgan fingerprint density at radius 3 is 2.93 bits per heavy atom. The largest absolute Gasteiger partial charge is 0.488 e. The molecule has 1 aliphatic carbocycles. The van der Waals surface area contributed by atoms with Crippen molar-refractivity contribution in [3.63, 3.8) is 0 Å². The van der Waals surface area contributed by atoms with Gasteiger partial charge >= 0.3 is 6.09 Å². The third kappa shape index (κ3) is 2.63.